The average Bonchev–Trinajstić information content (AvgIpc) is 2.72. The Hall–Kier alpha value is -2.38. The van der Waals surface area contributed by atoms with Crippen molar-refractivity contribution in [3.63, 3.8) is 0 Å². The smallest absolute Gasteiger partial charge is 0.424 e. The fraction of sp³-hybridized carbons (Fsp3) is 0.480. The van der Waals surface area contributed by atoms with Crippen molar-refractivity contribution in [2.75, 3.05) is 13.7 Å². The van der Waals surface area contributed by atoms with Gasteiger partial charge in [-0.3, -0.25) is 0 Å². The Balaban J connectivity index is 2.06. The van der Waals surface area contributed by atoms with Crippen molar-refractivity contribution in [2.45, 2.75) is 70.0 Å². The van der Waals surface area contributed by atoms with Crippen molar-refractivity contribution in [3.05, 3.63) is 65.7 Å². The number of rotatable bonds is 10. The van der Waals surface area contributed by atoms with Crippen molar-refractivity contribution >= 4 is 16.1 Å². The summed E-state index contributed by atoms with van der Waals surface area (Å²) in [5.41, 5.74) is 1.34. The molecule has 7 heteroatoms. The molecule has 1 amide bonds. The van der Waals surface area contributed by atoms with Gasteiger partial charge in [0, 0.05) is 13.7 Å². The Morgan fingerprint density at radius 1 is 1.00 bits per heavy atom. The Morgan fingerprint density at radius 2 is 1.62 bits per heavy atom. The lowest BCUT2D eigenvalue weighted by atomic mass is 10.0. The summed E-state index contributed by atoms with van der Waals surface area (Å²) in [5.74, 6) is 0. The third kappa shape index (κ3) is 7.95. The monoisotopic (exact) mass is 461 g/mol. The number of amides is 1. The minimum Gasteiger partial charge on any atom is -0.443 e. The zero-order valence-corrected chi connectivity index (χ0v) is 20.5. The van der Waals surface area contributed by atoms with Crippen LogP contribution in [-0.4, -0.2) is 44.2 Å². The SMILES string of the molecule is COC(CCCCN(C(=O)OC(C)(C)C)S(=O)(=O)c1ccc(C)cc1)Cc1ccccc1. The number of hydrogen-bond donors (Lipinski definition) is 0. The van der Waals surface area contributed by atoms with Crippen LogP contribution < -0.4 is 0 Å². The van der Waals surface area contributed by atoms with E-state index in [2.05, 4.69) is 12.1 Å². The second-order valence-corrected chi connectivity index (χ2v) is 10.8. The van der Waals surface area contributed by atoms with Crippen molar-refractivity contribution < 1.29 is 22.7 Å². The van der Waals surface area contributed by atoms with E-state index >= 15 is 0 Å². The normalized spacial score (nSPS) is 12.9. The summed E-state index contributed by atoms with van der Waals surface area (Å²) in [6.45, 7) is 7.08. The van der Waals surface area contributed by atoms with Crippen LogP contribution in [0.4, 0.5) is 4.79 Å². The topological polar surface area (TPSA) is 72.9 Å². The van der Waals surface area contributed by atoms with E-state index in [-0.39, 0.29) is 17.5 Å². The molecule has 0 aliphatic heterocycles. The van der Waals surface area contributed by atoms with Crippen LogP contribution in [0.2, 0.25) is 0 Å². The molecular weight excluding hydrogens is 426 g/mol. The fourth-order valence-electron chi connectivity index (χ4n) is 3.27. The predicted molar refractivity (Wildman–Crippen MR) is 126 cm³/mol. The van der Waals surface area contributed by atoms with Crippen LogP contribution in [0.25, 0.3) is 0 Å². The average molecular weight is 462 g/mol. The molecule has 0 bridgehead atoms. The summed E-state index contributed by atoms with van der Waals surface area (Å²) >= 11 is 0. The summed E-state index contributed by atoms with van der Waals surface area (Å²) in [6, 6.07) is 16.6. The van der Waals surface area contributed by atoms with Crippen LogP contribution in [0.1, 0.15) is 51.2 Å². The molecule has 0 saturated carbocycles. The molecule has 0 aromatic heterocycles. The second kappa shape index (κ2) is 11.5. The van der Waals surface area contributed by atoms with Gasteiger partial charge in [-0.15, -0.1) is 0 Å². The molecule has 0 radical (unpaired) electrons. The minimum absolute atomic E-state index is 0.0288. The van der Waals surface area contributed by atoms with Gasteiger partial charge in [0.25, 0.3) is 10.0 Å². The van der Waals surface area contributed by atoms with Crippen molar-refractivity contribution in [1.29, 1.82) is 0 Å². The van der Waals surface area contributed by atoms with Gasteiger partial charge >= 0.3 is 6.09 Å². The standard InChI is InChI=1S/C25H35NO5S/c1-20-14-16-23(17-15-20)32(28,29)26(24(27)31-25(2,3)4)18-10-9-13-22(30-5)19-21-11-7-6-8-12-21/h6-8,11-12,14-17,22H,9-10,13,18-19H2,1-5H3. The van der Waals surface area contributed by atoms with Gasteiger partial charge in [-0.25, -0.2) is 17.5 Å². The van der Waals surface area contributed by atoms with Gasteiger partial charge < -0.3 is 9.47 Å². The highest BCUT2D eigenvalue weighted by atomic mass is 32.2. The van der Waals surface area contributed by atoms with E-state index < -0.39 is 21.7 Å². The minimum atomic E-state index is -4.02. The van der Waals surface area contributed by atoms with Crippen molar-refractivity contribution in [1.82, 2.24) is 4.31 Å². The number of sulfonamides is 1. The van der Waals surface area contributed by atoms with Crippen molar-refractivity contribution in [2.24, 2.45) is 0 Å². The van der Waals surface area contributed by atoms with Gasteiger partial charge in [0.15, 0.2) is 0 Å². The maximum atomic E-state index is 13.2. The number of hydrogen-bond acceptors (Lipinski definition) is 5. The molecule has 0 aliphatic rings. The quantitative estimate of drug-likeness (QED) is 0.446. The van der Waals surface area contributed by atoms with E-state index in [1.54, 1.807) is 40.0 Å². The summed E-state index contributed by atoms with van der Waals surface area (Å²) in [7, 11) is -2.33. The second-order valence-electron chi connectivity index (χ2n) is 8.91. The van der Waals surface area contributed by atoms with Crippen LogP contribution in [-0.2, 0) is 25.9 Å². The first kappa shape index (κ1) is 25.9. The molecular formula is C25H35NO5S. The Kier molecular flexibility index (Phi) is 9.28. The summed E-state index contributed by atoms with van der Waals surface area (Å²) < 4.78 is 38.2. The van der Waals surface area contributed by atoms with Crippen LogP contribution in [0.3, 0.4) is 0 Å². The molecule has 2 rings (SSSR count). The van der Waals surface area contributed by atoms with E-state index in [1.165, 1.54) is 17.7 Å². The lowest BCUT2D eigenvalue weighted by molar-refractivity contribution is 0.0386. The number of unbranched alkanes of at least 4 members (excludes halogenated alkanes) is 1. The summed E-state index contributed by atoms with van der Waals surface area (Å²) in [5, 5.41) is 0. The molecule has 2 aromatic rings. The van der Waals surface area contributed by atoms with Gasteiger partial charge in [-0.2, -0.15) is 0 Å². The van der Waals surface area contributed by atoms with Gasteiger partial charge in [-0.1, -0.05) is 48.0 Å². The number of nitrogens with zero attached hydrogens (tertiary/aromatic N) is 1. The lowest BCUT2D eigenvalue weighted by Gasteiger charge is -2.27. The summed E-state index contributed by atoms with van der Waals surface area (Å²) in [6.07, 6.45) is 1.95. The first-order valence-corrected chi connectivity index (χ1v) is 12.4. The van der Waals surface area contributed by atoms with Crippen LogP contribution in [0.15, 0.2) is 59.5 Å². The molecule has 0 saturated heterocycles. The molecule has 1 unspecified atom stereocenters. The zero-order chi connectivity index (χ0) is 23.8. The van der Waals surface area contributed by atoms with Crippen molar-refractivity contribution in [3.8, 4) is 0 Å². The molecule has 32 heavy (non-hydrogen) atoms. The highest BCUT2D eigenvalue weighted by Crippen LogP contribution is 2.21. The Bertz CT molecular complexity index is 950. The summed E-state index contributed by atoms with van der Waals surface area (Å²) in [4.78, 5) is 12.8. The van der Waals surface area contributed by atoms with E-state index in [9.17, 15) is 13.2 Å². The predicted octanol–water partition coefficient (Wildman–Crippen LogP) is 5.35. The molecule has 0 aliphatic carbocycles. The van der Waals surface area contributed by atoms with Gasteiger partial charge in [0.2, 0.25) is 0 Å². The number of carbonyl (C=O) groups is 1. The van der Waals surface area contributed by atoms with Gasteiger partial charge in [-0.05, 0) is 71.1 Å². The van der Waals surface area contributed by atoms with E-state index in [4.69, 9.17) is 9.47 Å². The Morgan fingerprint density at radius 3 is 2.19 bits per heavy atom. The number of benzene rings is 2. The maximum Gasteiger partial charge on any atom is 0.424 e. The first-order chi connectivity index (χ1) is 15.0. The molecule has 2 aromatic carbocycles. The number of aryl methyl sites for hydroxylation is 1. The van der Waals surface area contributed by atoms with Crippen LogP contribution in [0.5, 0.6) is 0 Å². The molecule has 176 valence electrons. The van der Waals surface area contributed by atoms with E-state index in [0.717, 1.165) is 22.7 Å². The molecule has 0 heterocycles. The molecule has 6 nitrogen and oxygen atoms in total. The number of carbonyl (C=O) groups excluding carboxylic acids is 1. The molecule has 0 N–H and O–H groups in total. The zero-order valence-electron chi connectivity index (χ0n) is 19.7. The molecule has 0 fully saturated rings. The Labute approximate surface area is 192 Å². The van der Waals surface area contributed by atoms with Gasteiger partial charge in [0.05, 0.1) is 11.0 Å². The van der Waals surface area contributed by atoms with Crippen LogP contribution in [0, 0.1) is 6.92 Å². The number of ether oxygens (including phenoxy) is 2. The highest BCUT2D eigenvalue weighted by Gasteiger charge is 2.32. The lowest BCUT2D eigenvalue weighted by Crippen LogP contribution is -2.41. The van der Waals surface area contributed by atoms with Gasteiger partial charge in [0.1, 0.15) is 5.60 Å². The first-order valence-electron chi connectivity index (χ1n) is 10.9. The molecule has 1 atom stereocenters. The molecule has 0 spiro atoms. The largest absolute Gasteiger partial charge is 0.443 e. The van der Waals surface area contributed by atoms with E-state index in [0.29, 0.717) is 12.8 Å². The highest BCUT2D eigenvalue weighted by molar-refractivity contribution is 7.89. The third-order valence-corrected chi connectivity index (χ3v) is 6.76. The third-order valence-electron chi connectivity index (χ3n) is 4.98. The van der Waals surface area contributed by atoms with Crippen LogP contribution >= 0.6 is 0 Å². The fourth-order valence-corrected chi connectivity index (χ4v) is 4.61. The number of methoxy groups -OCH3 is 1. The maximum absolute atomic E-state index is 13.2. The van der Waals surface area contributed by atoms with E-state index in [1.807, 2.05) is 25.1 Å².